The summed E-state index contributed by atoms with van der Waals surface area (Å²) in [6, 6.07) is 0. The number of nitrogens with two attached hydrogens (primary N) is 1. The van der Waals surface area contributed by atoms with Crippen molar-refractivity contribution in [2.24, 2.45) is 5.73 Å². The zero-order valence-electron chi connectivity index (χ0n) is 11.1. The van der Waals surface area contributed by atoms with E-state index in [1.165, 1.54) is 0 Å². The first-order valence-electron chi connectivity index (χ1n) is 6.58. The van der Waals surface area contributed by atoms with Crippen molar-refractivity contribution in [3.05, 3.63) is 0 Å². The lowest BCUT2D eigenvalue weighted by Crippen LogP contribution is -2.48. The third-order valence-electron chi connectivity index (χ3n) is 3.10. The maximum atomic E-state index is 5.56. The van der Waals surface area contributed by atoms with Gasteiger partial charge in [0.15, 0.2) is 0 Å². The number of piperazine rings is 1. The molecule has 0 saturated carbocycles. The van der Waals surface area contributed by atoms with E-state index < -0.39 is 0 Å². The molecule has 17 heavy (non-hydrogen) atoms. The van der Waals surface area contributed by atoms with Crippen LogP contribution in [0.3, 0.4) is 0 Å². The van der Waals surface area contributed by atoms with Gasteiger partial charge in [-0.15, -0.1) is 0 Å². The van der Waals surface area contributed by atoms with Crippen LogP contribution in [0.15, 0.2) is 0 Å². The van der Waals surface area contributed by atoms with Crippen LogP contribution in [0.4, 0.5) is 0 Å². The Morgan fingerprint density at radius 1 is 0.941 bits per heavy atom. The number of hydrogen-bond donors (Lipinski definition) is 1. The largest absolute Gasteiger partial charge is 0.385 e. The van der Waals surface area contributed by atoms with E-state index in [2.05, 4.69) is 9.80 Å². The molecule has 2 N–H and O–H groups in total. The lowest BCUT2D eigenvalue weighted by atomic mass is 10.3. The standard InChI is InChI=1S/C12H27N3O2/c1-16-10-2-11-17-12-9-15-7-5-14(4-3-13)6-8-15/h2-13H2,1H3. The average molecular weight is 245 g/mol. The molecule has 1 heterocycles. The first kappa shape index (κ1) is 14.9. The lowest BCUT2D eigenvalue weighted by molar-refractivity contribution is 0.0658. The van der Waals surface area contributed by atoms with Gasteiger partial charge in [0, 0.05) is 66.1 Å². The number of nitrogens with zero attached hydrogens (tertiary/aromatic N) is 2. The number of rotatable bonds is 9. The molecular formula is C12H27N3O2. The lowest BCUT2D eigenvalue weighted by Gasteiger charge is -2.34. The second-order valence-corrected chi connectivity index (χ2v) is 4.43. The van der Waals surface area contributed by atoms with Crippen molar-refractivity contribution >= 4 is 0 Å². The Morgan fingerprint density at radius 3 is 2.18 bits per heavy atom. The molecule has 1 rings (SSSR count). The van der Waals surface area contributed by atoms with Crippen molar-refractivity contribution < 1.29 is 9.47 Å². The fraction of sp³-hybridized carbons (Fsp3) is 1.00. The molecule has 1 aliphatic rings. The van der Waals surface area contributed by atoms with Crippen LogP contribution < -0.4 is 5.73 Å². The zero-order valence-corrected chi connectivity index (χ0v) is 11.1. The summed E-state index contributed by atoms with van der Waals surface area (Å²) in [4.78, 5) is 4.89. The molecule has 5 nitrogen and oxygen atoms in total. The first-order chi connectivity index (χ1) is 8.36. The van der Waals surface area contributed by atoms with Crippen LogP contribution in [0.25, 0.3) is 0 Å². The van der Waals surface area contributed by atoms with Crippen LogP contribution in [-0.2, 0) is 9.47 Å². The van der Waals surface area contributed by atoms with E-state index >= 15 is 0 Å². The number of ether oxygens (including phenoxy) is 2. The molecule has 1 saturated heterocycles. The van der Waals surface area contributed by atoms with Gasteiger partial charge in [0.2, 0.25) is 0 Å². The Morgan fingerprint density at radius 2 is 1.59 bits per heavy atom. The normalized spacial score (nSPS) is 18.7. The van der Waals surface area contributed by atoms with Crippen LogP contribution in [-0.4, -0.2) is 82.5 Å². The van der Waals surface area contributed by atoms with E-state index in [4.69, 9.17) is 15.2 Å². The SMILES string of the molecule is COCCCOCCN1CCN(CCN)CC1. The van der Waals surface area contributed by atoms with Crippen LogP contribution in [0.1, 0.15) is 6.42 Å². The summed E-state index contributed by atoms with van der Waals surface area (Å²) in [5.74, 6) is 0. The summed E-state index contributed by atoms with van der Waals surface area (Å²) in [7, 11) is 1.72. The Hall–Kier alpha value is -0.200. The highest BCUT2D eigenvalue weighted by Crippen LogP contribution is 2.00. The van der Waals surface area contributed by atoms with Crippen molar-refractivity contribution in [2.75, 3.05) is 72.7 Å². The second-order valence-electron chi connectivity index (χ2n) is 4.43. The van der Waals surface area contributed by atoms with E-state index in [0.29, 0.717) is 0 Å². The molecule has 0 atom stereocenters. The summed E-state index contributed by atoms with van der Waals surface area (Å²) in [5.41, 5.74) is 5.55. The van der Waals surface area contributed by atoms with Crippen molar-refractivity contribution in [3.63, 3.8) is 0 Å². The summed E-state index contributed by atoms with van der Waals surface area (Å²) in [6.07, 6.45) is 0.987. The fourth-order valence-corrected chi connectivity index (χ4v) is 2.02. The van der Waals surface area contributed by atoms with Crippen LogP contribution in [0.5, 0.6) is 0 Å². The molecule has 0 aliphatic carbocycles. The molecule has 1 fully saturated rings. The van der Waals surface area contributed by atoms with Gasteiger partial charge in [0.05, 0.1) is 6.61 Å². The van der Waals surface area contributed by atoms with E-state index in [-0.39, 0.29) is 0 Å². The van der Waals surface area contributed by atoms with Crippen molar-refractivity contribution in [2.45, 2.75) is 6.42 Å². The van der Waals surface area contributed by atoms with Crippen LogP contribution in [0, 0.1) is 0 Å². The Kier molecular flexibility index (Phi) is 8.56. The third-order valence-corrected chi connectivity index (χ3v) is 3.10. The van der Waals surface area contributed by atoms with Gasteiger partial charge in [-0.3, -0.25) is 9.80 Å². The number of hydrogen-bond acceptors (Lipinski definition) is 5. The van der Waals surface area contributed by atoms with Crippen LogP contribution >= 0.6 is 0 Å². The van der Waals surface area contributed by atoms with Crippen molar-refractivity contribution in [3.8, 4) is 0 Å². The topological polar surface area (TPSA) is 51.0 Å². The second kappa shape index (κ2) is 9.79. The van der Waals surface area contributed by atoms with Gasteiger partial charge in [-0.2, -0.15) is 0 Å². The summed E-state index contributed by atoms with van der Waals surface area (Å²) >= 11 is 0. The highest BCUT2D eigenvalue weighted by atomic mass is 16.5. The van der Waals surface area contributed by atoms with Gasteiger partial charge in [-0.1, -0.05) is 0 Å². The molecule has 0 aromatic carbocycles. The maximum absolute atomic E-state index is 5.56. The average Bonchev–Trinajstić information content (AvgIpc) is 2.36. The van der Waals surface area contributed by atoms with Gasteiger partial charge >= 0.3 is 0 Å². The minimum atomic E-state index is 0.766. The molecule has 102 valence electrons. The van der Waals surface area contributed by atoms with E-state index in [9.17, 15) is 0 Å². The maximum Gasteiger partial charge on any atom is 0.0593 e. The summed E-state index contributed by atoms with van der Waals surface area (Å²) in [6.45, 7) is 9.83. The molecule has 0 amide bonds. The van der Waals surface area contributed by atoms with Gasteiger partial charge < -0.3 is 15.2 Å². The van der Waals surface area contributed by atoms with Gasteiger partial charge in [0.25, 0.3) is 0 Å². The predicted molar refractivity (Wildman–Crippen MR) is 69.2 cm³/mol. The van der Waals surface area contributed by atoms with Crippen molar-refractivity contribution in [1.29, 1.82) is 0 Å². The smallest absolute Gasteiger partial charge is 0.0593 e. The molecule has 0 spiro atoms. The molecule has 0 bridgehead atoms. The molecule has 0 unspecified atom stereocenters. The molecule has 0 aromatic rings. The molecule has 0 radical (unpaired) electrons. The third kappa shape index (κ3) is 6.95. The van der Waals surface area contributed by atoms with Crippen molar-refractivity contribution in [1.82, 2.24) is 9.80 Å². The number of methoxy groups -OCH3 is 1. The van der Waals surface area contributed by atoms with Gasteiger partial charge in [-0.05, 0) is 6.42 Å². The molecular weight excluding hydrogens is 218 g/mol. The fourth-order valence-electron chi connectivity index (χ4n) is 2.02. The minimum Gasteiger partial charge on any atom is -0.385 e. The predicted octanol–water partition coefficient (Wildman–Crippen LogP) is -0.384. The Labute approximate surface area is 105 Å². The zero-order chi connectivity index (χ0) is 12.3. The minimum absolute atomic E-state index is 0.766. The first-order valence-corrected chi connectivity index (χ1v) is 6.58. The molecule has 0 aromatic heterocycles. The molecule has 1 aliphatic heterocycles. The van der Waals surface area contributed by atoms with E-state index in [0.717, 1.165) is 72.1 Å². The highest BCUT2D eigenvalue weighted by molar-refractivity contribution is 4.71. The Bertz CT molecular complexity index is 173. The summed E-state index contributed by atoms with van der Waals surface area (Å²) < 4.78 is 10.5. The van der Waals surface area contributed by atoms with Crippen LogP contribution in [0.2, 0.25) is 0 Å². The van der Waals surface area contributed by atoms with Gasteiger partial charge in [0.1, 0.15) is 0 Å². The highest BCUT2D eigenvalue weighted by Gasteiger charge is 2.15. The quantitative estimate of drug-likeness (QED) is 0.561. The van der Waals surface area contributed by atoms with E-state index in [1.54, 1.807) is 7.11 Å². The van der Waals surface area contributed by atoms with E-state index in [1.807, 2.05) is 0 Å². The van der Waals surface area contributed by atoms with Gasteiger partial charge in [-0.25, -0.2) is 0 Å². The monoisotopic (exact) mass is 245 g/mol. The Balaban J connectivity index is 1.91. The summed E-state index contributed by atoms with van der Waals surface area (Å²) in [5, 5.41) is 0. The molecule has 5 heteroatoms.